The lowest BCUT2D eigenvalue weighted by molar-refractivity contribution is -0.119. The SMILES string of the molecule is CC(C)(C)CNCC(C(N)=O)c1ccc(Cl)cc1. The van der Waals surface area contributed by atoms with Crippen molar-refractivity contribution in [3.8, 4) is 0 Å². The molecule has 18 heavy (non-hydrogen) atoms. The summed E-state index contributed by atoms with van der Waals surface area (Å²) in [5.74, 6) is -0.636. The van der Waals surface area contributed by atoms with Crippen LogP contribution in [0.15, 0.2) is 24.3 Å². The van der Waals surface area contributed by atoms with Crippen LogP contribution in [0.4, 0.5) is 0 Å². The van der Waals surface area contributed by atoms with Crippen LogP contribution in [0.3, 0.4) is 0 Å². The molecule has 0 aliphatic carbocycles. The zero-order valence-electron chi connectivity index (χ0n) is 11.2. The van der Waals surface area contributed by atoms with E-state index in [1.807, 2.05) is 12.1 Å². The summed E-state index contributed by atoms with van der Waals surface area (Å²) in [4.78, 5) is 11.5. The van der Waals surface area contributed by atoms with Gasteiger partial charge in [0.1, 0.15) is 0 Å². The Morgan fingerprint density at radius 3 is 2.33 bits per heavy atom. The number of nitrogens with two attached hydrogens (primary N) is 1. The molecule has 3 N–H and O–H groups in total. The van der Waals surface area contributed by atoms with Gasteiger partial charge in [0.25, 0.3) is 0 Å². The van der Waals surface area contributed by atoms with Gasteiger partial charge in [-0.3, -0.25) is 4.79 Å². The van der Waals surface area contributed by atoms with Gasteiger partial charge in [0, 0.05) is 18.1 Å². The van der Waals surface area contributed by atoms with Gasteiger partial charge >= 0.3 is 0 Å². The minimum Gasteiger partial charge on any atom is -0.369 e. The van der Waals surface area contributed by atoms with Gasteiger partial charge in [0.2, 0.25) is 5.91 Å². The zero-order valence-corrected chi connectivity index (χ0v) is 11.9. The van der Waals surface area contributed by atoms with Crippen molar-refractivity contribution in [3.63, 3.8) is 0 Å². The molecule has 4 heteroatoms. The number of amides is 1. The first-order valence-electron chi connectivity index (χ1n) is 6.05. The molecular formula is C14H21ClN2O. The third kappa shape index (κ3) is 5.07. The van der Waals surface area contributed by atoms with E-state index >= 15 is 0 Å². The first kappa shape index (κ1) is 15.0. The first-order valence-corrected chi connectivity index (χ1v) is 6.43. The second-order valence-corrected chi connectivity index (χ2v) is 6.13. The summed E-state index contributed by atoms with van der Waals surface area (Å²) < 4.78 is 0. The predicted molar refractivity (Wildman–Crippen MR) is 75.7 cm³/mol. The predicted octanol–water partition coefficient (Wildman–Crippen LogP) is 2.54. The molecule has 100 valence electrons. The Balaban J connectivity index is 2.66. The highest BCUT2D eigenvalue weighted by Gasteiger charge is 2.18. The van der Waals surface area contributed by atoms with Gasteiger partial charge in [-0.05, 0) is 23.1 Å². The monoisotopic (exact) mass is 268 g/mol. The maximum Gasteiger partial charge on any atom is 0.226 e. The molecule has 0 spiro atoms. The van der Waals surface area contributed by atoms with Crippen LogP contribution >= 0.6 is 11.6 Å². The van der Waals surface area contributed by atoms with Crippen LogP contribution in [-0.2, 0) is 4.79 Å². The molecule has 0 radical (unpaired) electrons. The molecule has 1 aromatic carbocycles. The third-order valence-corrected chi connectivity index (χ3v) is 2.87. The minimum atomic E-state index is -0.321. The van der Waals surface area contributed by atoms with Crippen LogP contribution in [0.5, 0.6) is 0 Å². The van der Waals surface area contributed by atoms with Crippen LogP contribution in [0.2, 0.25) is 5.02 Å². The van der Waals surface area contributed by atoms with Crippen LogP contribution < -0.4 is 11.1 Å². The van der Waals surface area contributed by atoms with Crippen molar-refractivity contribution in [2.75, 3.05) is 13.1 Å². The lowest BCUT2D eigenvalue weighted by atomic mass is 9.95. The van der Waals surface area contributed by atoms with Gasteiger partial charge in [-0.1, -0.05) is 44.5 Å². The number of hydrogen-bond donors (Lipinski definition) is 2. The van der Waals surface area contributed by atoms with E-state index in [-0.39, 0.29) is 17.2 Å². The lowest BCUT2D eigenvalue weighted by Crippen LogP contribution is -2.35. The van der Waals surface area contributed by atoms with Crippen molar-refractivity contribution < 1.29 is 4.79 Å². The van der Waals surface area contributed by atoms with Crippen molar-refractivity contribution in [1.29, 1.82) is 0 Å². The third-order valence-electron chi connectivity index (χ3n) is 2.62. The maximum atomic E-state index is 11.5. The molecule has 1 atom stereocenters. The largest absolute Gasteiger partial charge is 0.369 e. The number of benzene rings is 1. The molecule has 0 heterocycles. The van der Waals surface area contributed by atoms with Crippen molar-refractivity contribution >= 4 is 17.5 Å². The number of carbonyl (C=O) groups is 1. The van der Waals surface area contributed by atoms with E-state index in [0.717, 1.165) is 12.1 Å². The van der Waals surface area contributed by atoms with Gasteiger partial charge in [-0.15, -0.1) is 0 Å². The summed E-state index contributed by atoms with van der Waals surface area (Å²) in [5.41, 5.74) is 6.52. The quantitative estimate of drug-likeness (QED) is 0.862. The molecule has 3 nitrogen and oxygen atoms in total. The fraction of sp³-hybridized carbons (Fsp3) is 0.500. The Morgan fingerprint density at radius 1 is 1.33 bits per heavy atom. The van der Waals surface area contributed by atoms with Gasteiger partial charge in [0.05, 0.1) is 5.92 Å². The van der Waals surface area contributed by atoms with Crippen molar-refractivity contribution in [3.05, 3.63) is 34.9 Å². The van der Waals surface area contributed by atoms with Crippen LogP contribution in [-0.4, -0.2) is 19.0 Å². The molecule has 0 saturated heterocycles. The Morgan fingerprint density at radius 2 is 1.89 bits per heavy atom. The van der Waals surface area contributed by atoms with Gasteiger partial charge in [0.15, 0.2) is 0 Å². The molecular weight excluding hydrogens is 248 g/mol. The maximum absolute atomic E-state index is 11.5. The lowest BCUT2D eigenvalue weighted by Gasteiger charge is -2.21. The van der Waals surface area contributed by atoms with E-state index in [9.17, 15) is 4.79 Å². The molecule has 0 fully saturated rings. The minimum absolute atomic E-state index is 0.183. The van der Waals surface area contributed by atoms with Crippen molar-refractivity contribution in [2.24, 2.45) is 11.1 Å². The molecule has 0 saturated carbocycles. The Bertz CT molecular complexity index is 395. The summed E-state index contributed by atoms with van der Waals surface area (Å²) in [6.45, 7) is 7.81. The second kappa shape index (κ2) is 6.21. The Hall–Kier alpha value is -1.06. The van der Waals surface area contributed by atoms with Gasteiger partial charge in [-0.2, -0.15) is 0 Å². The Kier molecular flexibility index (Phi) is 5.17. The summed E-state index contributed by atoms with van der Waals surface area (Å²) in [6.07, 6.45) is 0. The number of carbonyl (C=O) groups excluding carboxylic acids is 1. The number of primary amides is 1. The van der Waals surface area contributed by atoms with E-state index in [1.165, 1.54) is 0 Å². The molecule has 0 aliphatic heterocycles. The topological polar surface area (TPSA) is 55.1 Å². The summed E-state index contributed by atoms with van der Waals surface area (Å²) in [7, 11) is 0. The first-order chi connectivity index (χ1) is 8.29. The van der Waals surface area contributed by atoms with E-state index < -0.39 is 0 Å². The van der Waals surface area contributed by atoms with Crippen LogP contribution in [0.25, 0.3) is 0 Å². The highest BCUT2D eigenvalue weighted by molar-refractivity contribution is 6.30. The van der Waals surface area contributed by atoms with Gasteiger partial charge < -0.3 is 11.1 Å². The summed E-state index contributed by atoms with van der Waals surface area (Å²) in [6, 6.07) is 7.24. The summed E-state index contributed by atoms with van der Waals surface area (Å²) >= 11 is 5.83. The number of rotatable bonds is 5. The van der Waals surface area contributed by atoms with E-state index in [0.29, 0.717) is 11.6 Å². The van der Waals surface area contributed by atoms with Crippen molar-refractivity contribution in [1.82, 2.24) is 5.32 Å². The molecule has 0 bridgehead atoms. The average Bonchev–Trinajstić information content (AvgIpc) is 2.24. The Labute approximate surface area is 114 Å². The highest BCUT2D eigenvalue weighted by Crippen LogP contribution is 2.18. The molecule has 1 amide bonds. The zero-order chi connectivity index (χ0) is 13.8. The number of nitrogens with one attached hydrogen (secondary N) is 1. The molecule has 1 rings (SSSR count). The van der Waals surface area contributed by atoms with Gasteiger partial charge in [-0.25, -0.2) is 0 Å². The molecule has 0 aliphatic rings. The fourth-order valence-corrected chi connectivity index (χ4v) is 1.80. The van der Waals surface area contributed by atoms with Crippen LogP contribution in [0, 0.1) is 5.41 Å². The molecule has 1 unspecified atom stereocenters. The number of halogens is 1. The number of hydrogen-bond acceptors (Lipinski definition) is 2. The summed E-state index contributed by atoms with van der Waals surface area (Å²) in [5, 5.41) is 3.94. The molecule has 0 aromatic heterocycles. The highest BCUT2D eigenvalue weighted by atomic mass is 35.5. The van der Waals surface area contributed by atoms with E-state index in [2.05, 4.69) is 26.1 Å². The molecule has 1 aromatic rings. The standard InChI is InChI=1S/C14H21ClN2O/c1-14(2,3)9-17-8-12(13(16)18)10-4-6-11(15)7-5-10/h4-7,12,17H,8-9H2,1-3H3,(H2,16,18). The normalized spacial score (nSPS) is 13.3. The van der Waals surface area contributed by atoms with Crippen LogP contribution in [0.1, 0.15) is 32.3 Å². The van der Waals surface area contributed by atoms with E-state index in [1.54, 1.807) is 12.1 Å². The van der Waals surface area contributed by atoms with E-state index in [4.69, 9.17) is 17.3 Å². The smallest absolute Gasteiger partial charge is 0.226 e. The fourth-order valence-electron chi connectivity index (χ4n) is 1.67. The van der Waals surface area contributed by atoms with Crippen molar-refractivity contribution in [2.45, 2.75) is 26.7 Å². The second-order valence-electron chi connectivity index (χ2n) is 5.70. The average molecular weight is 269 g/mol.